The number of para-hydroxylation sites is 1. The van der Waals surface area contributed by atoms with Gasteiger partial charge in [-0.3, -0.25) is 0 Å². The lowest BCUT2D eigenvalue weighted by molar-refractivity contribution is 0.179. The van der Waals surface area contributed by atoms with Gasteiger partial charge in [0.05, 0.1) is 20.0 Å². The van der Waals surface area contributed by atoms with Gasteiger partial charge in [-0.1, -0.05) is 72.7 Å². The van der Waals surface area contributed by atoms with Crippen LogP contribution < -0.4 is 14.5 Å². The zero-order valence-corrected chi connectivity index (χ0v) is 38.3. The Labute approximate surface area is 382 Å². The van der Waals surface area contributed by atoms with E-state index >= 15 is 0 Å². The third kappa shape index (κ3) is 8.02. The fourth-order valence-electron chi connectivity index (χ4n) is 14.4. The van der Waals surface area contributed by atoms with Gasteiger partial charge in [0, 0.05) is 53.5 Å². The fraction of sp³-hybridized carbons (Fsp3) is 0.492. The molecule has 1 aliphatic heterocycles. The zero-order chi connectivity index (χ0) is 43.1. The highest BCUT2D eigenvalue weighted by atomic mass is 19.1. The van der Waals surface area contributed by atoms with Crippen LogP contribution in [-0.4, -0.2) is 32.3 Å². The molecule has 1 heterocycles. The van der Waals surface area contributed by atoms with Crippen LogP contribution in [0.5, 0.6) is 5.75 Å². The van der Waals surface area contributed by atoms with E-state index in [0.29, 0.717) is 53.6 Å². The molecular formula is C59H69FN2O2. The molecule has 8 aliphatic rings. The van der Waals surface area contributed by atoms with Crippen molar-refractivity contribution in [2.24, 2.45) is 41.4 Å². The Bertz CT molecular complexity index is 2330. The summed E-state index contributed by atoms with van der Waals surface area (Å²) in [5.41, 5.74) is 10.3. The lowest BCUT2D eigenvalue weighted by Gasteiger charge is -2.45. The van der Waals surface area contributed by atoms with Gasteiger partial charge in [-0.25, -0.2) is 4.39 Å². The van der Waals surface area contributed by atoms with Gasteiger partial charge in [0.25, 0.3) is 0 Å². The average molecular weight is 857 g/mol. The maximum absolute atomic E-state index is 13.8. The van der Waals surface area contributed by atoms with Crippen LogP contribution in [0.25, 0.3) is 11.1 Å². The van der Waals surface area contributed by atoms with E-state index in [9.17, 15) is 4.39 Å². The Balaban J connectivity index is 0.844. The normalized spacial score (nSPS) is 33.2. The molecule has 0 bridgehead atoms. The van der Waals surface area contributed by atoms with Gasteiger partial charge >= 0.3 is 0 Å². The smallest absolute Gasteiger partial charge is 0.118 e. The van der Waals surface area contributed by atoms with Gasteiger partial charge < -0.3 is 19.3 Å². The first-order chi connectivity index (χ1) is 31.5. The molecule has 0 saturated heterocycles. The van der Waals surface area contributed by atoms with Crippen LogP contribution in [-0.2, 0) is 4.74 Å². The molecule has 334 valence electrons. The lowest BCUT2D eigenvalue weighted by Crippen LogP contribution is -2.45. The van der Waals surface area contributed by atoms with Gasteiger partial charge in [0.2, 0.25) is 0 Å². The summed E-state index contributed by atoms with van der Waals surface area (Å²) in [6, 6.07) is 28.8. The summed E-state index contributed by atoms with van der Waals surface area (Å²) >= 11 is 0. The lowest BCUT2D eigenvalue weighted by atomic mass is 9.68. The van der Waals surface area contributed by atoms with Crippen molar-refractivity contribution in [1.29, 1.82) is 0 Å². The number of halogens is 1. The Morgan fingerprint density at radius 3 is 2.20 bits per heavy atom. The molecule has 3 aromatic rings. The summed E-state index contributed by atoms with van der Waals surface area (Å²) in [5, 5.41) is 0. The number of anilines is 2. The Morgan fingerprint density at radius 1 is 0.656 bits per heavy atom. The van der Waals surface area contributed by atoms with Crippen LogP contribution in [0.3, 0.4) is 0 Å². The van der Waals surface area contributed by atoms with Gasteiger partial charge in [-0.05, 0) is 203 Å². The second-order valence-corrected chi connectivity index (χ2v) is 20.7. The van der Waals surface area contributed by atoms with Gasteiger partial charge in [-0.2, -0.15) is 0 Å². The van der Waals surface area contributed by atoms with Crippen LogP contribution in [0, 0.1) is 41.4 Å². The van der Waals surface area contributed by atoms with Crippen LogP contribution >= 0.6 is 0 Å². The van der Waals surface area contributed by atoms with Crippen LogP contribution in [0.2, 0.25) is 0 Å². The average Bonchev–Trinajstić information content (AvgIpc) is 3.99. The number of benzene rings is 3. The van der Waals surface area contributed by atoms with E-state index < -0.39 is 0 Å². The predicted octanol–water partition coefficient (Wildman–Crippen LogP) is 14.8. The molecule has 7 aliphatic carbocycles. The summed E-state index contributed by atoms with van der Waals surface area (Å²) in [6.45, 7) is 0. The first-order valence-electron chi connectivity index (χ1n) is 25.3. The number of nitrogens with zero attached hydrogens (tertiary/aromatic N) is 2. The van der Waals surface area contributed by atoms with Crippen molar-refractivity contribution in [1.82, 2.24) is 0 Å². The molecule has 0 aromatic heterocycles. The fourth-order valence-corrected chi connectivity index (χ4v) is 14.4. The van der Waals surface area contributed by atoms with E-state index in [4.69, 9.17) is 9.47 Å². The van der Waals surface area contributed by atoms with Gasteiger partial charge in [0.1, 0.15) is 11.6 Å². The maximum atomic E-state index is 13.8. The van der Waals surface area contributed by atoms with Crippen molar-refractivity contribution in [3.05, 3.63) is 150 Å². The molecule has 0 radical (unpaired) electrons. The minimum atomic E-state index is -0.0650. The SMILES string of the molecule is COC1=CCC(C2CCC3C(C2)c2cc(-c4ccc(OC)cc4)ccc2N3C2C=CC(C3=CC=C(N(c4ccccc4)C4CCC(C5C=CC(F)=CC5)CC4)C4CCCC34)CC2)CC1. The van der Waals surface area contributed by atoms with Crippen molar-refractivity contribution in [3.8, 4) is 16.9 Å². The number of rotatable bonds is 10. The van der Waals surface area contributed by atoms with Crippen molar-refractivity contribution in [2.75, 3.05) is 24.0 Å². The summed E-state index contributed by atoms with van der Waals surface area (Å²) in [4.78, 5) is 5.69. The predicted molar refractivity (Wildman–Crippen MR) is 261 cm³/mol. The highest BCUT2D eigenvalue weighted by Gasteiger charge is 2.47. The Morgan fingerprint density at radius 2 is 1.47 bits per heavy atom. The molecule has 5 heteroatoms. The molecule has 3 fully saturated rings. The largest absolute Gasteiger partial charge is 0.501 e. The third-order valence-electron chi connectivity index (χ3n) is 17.7. The van der Waals surface area contributed by atoms with E-state index in [-0.39, 0.29) is 5.83 Å². The van der Waals surface area contributed by atoms with E-state index in [1.165, 1.54) is 118 Å². The van der Waals surface area contributed by atoms with Gasteiger partial charge in [0.15, 0.2) is 0 Å². The third-order valence-corrected chi connectivity index (χ3v) is 17.7. The topological polar surface area (TPSA) is 24.9 Å². The molecule has 0 spiro atoms. The number of hydrogen-bond acceptors (Lipinski definition) is 4. The minimum absolute atomic E-state index is 0.0650. The van der Waals surface area contributed by atoms with E-state index in [2.05, 4.69) is 119 Å². The Hall–Kier alpha value is -4.77. The standard InChI is InChI=1S/C59H69FN2O2/c1-63-50-29-17-41(18-30-50)44-21-34-58-55(37-44)56-38-45(42-19-31-51(64-2)32-20-42)22-35-59(56)62(58)49-27-15-43(16-28-49)52-33-36-57(54-10-6-9-53(52)54)61(47-7-4-3-5-8-47)48-25-13-40(14-26-48)39-11-23-46(60)24-12-39/h3-5,7-8,11,15,17-18,21,23-24,27,29-31,33-34,36-37,39-40,42-43,45,48-49,53-54,56,59H,6,9-10,12-14,16,19-20,22,25-26,28,32,35,38H2,1-2H3. The molecule has 0 amide bonds. The molecule has 0 N–H and O–H groups in total. The number of hydrogen-bond donors (Lipinski definition) is 0. The van der Waals surface area contributed by atoms with Crippen LogP contribution in [0.1, 0.15) is 114 Å². The monoisotopic (exact) mass is 857 g/mol. The number of ether oxygens (including phenoxy) is 2. The minimum Gasteiger partial charge on any atom is -0.501 e. The summed E-state index contributed by atoms with van der Waals surface area (Å²) < 4.78 is 25.0. The molecule has 3 aromatic carbocycles. The van der Waals surface area contributed by atoms with Crippen molar-refractivity contribution < 1.29 is 13.9 Å². The molecule has 9 atom stereocenters. The zero-order valence-electron chi connectivity index (χ0n) is 38.3. The number of fused-ring (bicyclic) bond motifs is 4. The molecule has 9 unspecified atom stereocenters. The highest BCUT2D eigenvalue weighted by Crippen LogP contribution is 2.55. The van der Waals surface area contributed by atoms with Crippen molar-refractivity contribution >= 4 is 11.4 Å². The number of methoxy groups -OCH3 is 2. The molecule has 64 heavy (non-hydrogen) atoms. The molecule has 11 rings (SSSR count). The second-order valence-electron chi connectivity index (χ2n) is 20.7. The Kier molecular flexibility index (Phi) is 11.9. The van der Waals surface area contributed by atoms with Crippen molar-refractivity contribution in [3.63, 3.8) is 0 Å². The van der Waals surface area contributed by atoms with Crippen molar-refractivity contribution in [2.45, 2.75) is 127 Å². The maximum Gasteiger partial charge on any atom is 0.118 e. The van der Waals surface area contributed by atoms with E-state index in [1.807, 2.05) is 7.11 Å². The van der Waals surface area contributed by atoms with Gasteiger partial charge in [-0.15, -0.1) is 0 Å². The summed E-state index contributed by atoms with van der Waals surface area (Å²) in [5.74, 6) is 7.00. The van der Waals surface area contributed by atoms with Crippen LogP contribution in [0.15, 0.2) is 144 Å². The van der Waals surface area contributed by atoms with E-state index in [1.54, 1.807) is 36.1 Å². The molecule has 3 saturated carbocycles. The molecular weight excluding hydrogens is 788 g/mol. The number of allylic oxidation sites excluding steroid dienone is 11. The second kappa shape index (κ2) is 18.2. The quantitative estimate of drug-likeness (QED) is 0.190. The first kappa shape index (κ1) is 41.9. The van der Waals surface area contributed by atoms with E-state index in [0.717, 1.165) is 30.4 Å². The summed E-state index contributed by atoms with van der Waals surface area (Å²) in [6.07, 6.45) is 38.0. The first-order valence-corrected chi connectivity index (χ1v) is 25.3. The highest BCUT2D eigenvalue weighted by molar-refractivity contribution is 5.73. The van der Waals surface area contributed by atoms with Crippen LogP contribution in [0.4, 0.5) is 15.8 Å². The summed E-state index contributed by atoms with van der Waals surface area (Å²) in [7, 11) is 3.58. The molecule has 4 nitrogen and oxygen atoms in total.